The van der Waals surface area contributed by atoms with Gasteiger partial charge in [-0.3, -0.25) is 15.0 Å². The molecule has 1 aliphatic heterocycles. The summed E-state index contributed by atoms with van der Waals surface area (Å²) >= 11 is 6.19. The molecule has 0 amide bonds. The number of anilines is 1. The van der Waals surface area contributed by atoms with Gasteiger partial charge in [0.1, 0.15) is 11.4 Å². The van der Waals surface area contributed by atoms with Crippen molar-refractivity contribution in [3.05, 3.63) is 62.7 Å². The number of hydrogen-bond donors (Lipinski definition) is 1. The summed E-state index contributed by atoms with van der Waals surface area (Å²) in [6.45, 7) is 6.63. The first-order valence-corrected chi connectivity index (χ1v) is 10.3. The molecule has 0 aliphatic carbocycles. The highest BCUT2D eigenvalue weighted by molar-refractivity contribution is 6.31. The molecule has 0 fully saturated rings. The van der Waals surface area contributed by atoms with Crippen LogP contribution in [0.2, 0.25) is 5.02 Å². The topological polar surface area (TPSA) is 67.6 Å². The molecule has 1 N–H and O–H groups in total. The molecular weight excluding hydrogens is 390 g/mol. The number of rotatable bonds is 7. The molecule has 0 saturated carbocycles. The SMILES string of the molecule is COc1ccc(CC2CNc3c(cc(Cl)cc3[N+](=O)[O-])CN2CCC(C)C)cc1. The van der Waals surface area contributed by atoms with E-state index in [9.17, 15) is 10.1 Å². The van der Waals surface area contributed by atoms with Gasteiger partial charge in [-0.2, -0.15) is 0 Å². The van der Waals surface area contributed by atoms with Crippen LogP contribution in [0.25, 0.3) is 0 Å². The van der Waals surface area contributed by atoms with E-state index in [1.165, 1.54) is 11.6 Å². The van der Waals surface area contributed by atoms with Crippen LogP contribution in [0.1, 0.15) is 31.4 Å². The highest BCUT2D eigenvalue weighted by Gasteiger charge is 2.28. The van der Waals surface area contributed by atoms with Crippen LogP contribution in [0.3, 0.4) is 0 Å². The Kier molecular flexibility index (Phi) is 6.98. The lowest BCUT2D eigenvalue weighted by Crippen LogP contribution is -2.40. The summed E-state index contributed by atoms with van der Waals surface area (Å²) < 4.78 is 5.26. The minimum absolute atomic E-state index is 0.0430. The predicted molar refractivity (Wildman–Crippen MR) is 117 cm³/mol. The second-order valence-corrected chi connectivity index (χ2v) is 8.39. The largest absolute Gasteiger partial charge is 0.497 e. The second kappa shape index (κ2) is 9.46. The Hall–Kier alpha value is -2.31. The van der Waals surface area contributed by atoms with Crippen molar-refractivity contribution in [1.29, 1.82) is 0 Å². The van der Waals surface area contributed by atoms with Crippen molar-refractivity contribution in [1.82, 2.24) is 4.90 Å². The standard InChI is InChI=1S/C22H28ClN3O3/c1-15(2)8-9-25-14-17-11-18(23)12-21(26(27)28)22(17)24-13-19(25)10-16-4-6-20(29-3)7-5-16/h4-7,11-12,15,19,24H,8-10,13-14H2,1-3H3. The number of nitrogens with zero attached hydrogens (tertiary/aromatic N) is 2. The summed E-state index contributed by atoms with van der Waals surface area (Å²) in [5, 5.41) is 15.3. The molecule has 2 aromatic carbocycles. The van der Waals surface area contributed by atoms with Gasteiger partial charge in [0, 0.05) is 30.2 Å². The van der Waals surface area contributed by atoms with Crippen LogP contribution in [0, 0.1) is 16.0 Å². The number of nitrogens with one attached hydrogen (secondary N) is 1. The lowest BCUT2D eigenvalue weighted by Gasteiger charge is -2.30. The van der Waals surface area contributed by atoms with E-state index < -0.39 is 0 Å². The van der Waals surface area contributed by atoms with E-state index in [-0.39, 0.29) is 16.7 Å². The molecule has 29 heavy (non-hydrogen) atoms. The second-order valence-electron chi connectivity index (χ2n) is 7.96. The maximum absolute atomic E-state index is 11.5. The van der Waals surface area contributed by atoms with Gasteiger partial charge in [0.05, 0.1) is 12.0 Å². The van der Waals surface area contributed by atoms with Crippen molar-refractivity contribution in [2.24, 2.45) is 5.92 Å². The lowest BCUT2D eigenvalue weighted by molar-refractivity contribution is -0.384. The zero-order valence-electron chi connectivity index (χ0n) is 17.2. The van der Waals surface area contributed by atoms with Crippen LogP contribution >= 0.6 is 11.6 Å². The first-order chi connectivity index (χ1) is 13.9. The Morgan fingerprint density at radius 3 is 2.66 bits per heavy atom. The van der Waals surface area contributed by atoms with Crippen LogP contribution in [-0.2, 0) is 13.0 Å². The van der Waals surface area contributed by atoms with E-state index in [4.69, 9.17) is 16.3 Å². The van der Waals surface area contributed by atoms with E-state index >= 15 is 0 Å². The molecule has 0 saturated heterocycles. The maximum atomic E-state index is 11.5. The molecule has 1 unspecified atom stereocenters. The Morgan fingerprint density at radius 2 is 2.03 bits per heavy atom. The minimum Gasteiger partial charge on any atom is -0.497 e. The number of nitro groups is 1. The Morgan fingerprint density at radius 1 is 1.31 bits per heavy atom. The summed E-state index contributed by atoms with van der Waals surface area (Å²) in [6.07, 6.45) is 1.92. The third-order valence-electron chi connectivity index (χ3n) is 5.39. The number of fused-ring (bicyclic) bond motifs is 1. The summed E-state index contributed by atoms with van der Waals surface area (Å²) in [7, 11) is 1.66. The number of methoxy groups -OCH3 is 1. The molecule has 1 aliphatic rings. The van der Waals surface area contributed by atoms with Crippen molar-refractivity contribution >= 4 is 23.0 Å². The normalized spacial score (nSPS) is 16.8. The average Bonchev–Trinajstić information content (AvgIpc) is 2.85. The van der Waals surface area contributed by atoms with Gasteiger partial charge in [-0.05, 0) is 54.6 Å². The van der Waals surface area contributed by atoms with E-state index in [2.05, 4.69) is 36.2 Å². The summed E-state index contributed by atoms with van der Waals surface area (Å²) in [5.41, 5.74) is 2.73. The average molecular weight is 418 g/mol. The zero-order chi connectivity index (χ0) is 21.0. The van der Waals surface area contributed by atoms with Crippen LogP contribution in [0.15, 0.2) is 36.4 Å². The molecule has 3 rings (SSSR count). The van der Waals surface area contributed by atoms with Crippen LogP contribution < -0.4 is 10.1 Å². The Labute approximate surface area is 177 Å². The lowest BCUT2D eigenvalue weighted by atomic mass is 10.0. The van der Waals surface area contributed by atoms with Gasteiger partial charge in [-0.25, -0.2) is 0 Å². The third-order valence-corrected chi connectivity index (χ3v) is 5.61. The Bertz CT molecular complexity index is 855. The monoisotopic (exact) mass is 417 g/mol. The number of ether oxygens (including phenoxy) is 1. The van der Waals surface area contributed by atoms with E-state index in [1.54, 1.807) is 7.11 Å². The fraction of sp³-hybridized carbons (Fsp3) is 0.455. The first-order valence-electron chi connectivity index (χ1n) is 9.95. The molecule has 0 aromatic heterocycles. The van der Waals surface area contributed by atoms with Gasteiger partial charge in [-0.1, -0.05) is 37.6 Å². The smallest absolute Gasteiger partial charge is 0.294 e. The molecule has 7 heteroatoms. The highest BCUT2D eigenvalue weighted by atomic mass is 35.5. The van der Waals surface area contributed by atoms with E-state index in [1.807, 2.05) is 18.2 Å². The van der Waals surface area contributed by atoms with Crippen molar-refractivity contribution in [2.45, 2.75) is 39.3 Å². The molecule has 1 atom stereocenters. The predicted octanol–water partition coefficient (Wildman–Crippen LogP) is 5.14. The molecule has 0 spiro atoms. The van der Waals surface area contributed by atoms with Gasteiger partial charge in [0.2, 0.25) is 0 Å². The fourth-order valence-electron chi connectivity index (χ4n) is 3.74. The summed E-state index contributed by atoms with van der Waals surface area (Å²) in [6, 6.07) is 11.6. The zero-order valence-corrected chi connectivity index (χ0v) is 17.9. The Balaban J connectivity index is 1.88. The number of nitro benzene ring substituents is 1. The van der Waals surface area contributed by atoms with Crippen molar-refractivity contribution in [3.8, 4) is 5.75 Å². The molecule has 2 aromatic rings. The van der Waals surface area contributed by atoms with E-state index in [0.29, 0.717) is 29.7 Å². The third kappa shape index (κ3) is 5.40. The van der Waals surface area contributed by atoms with E-state index in [0.717, 1.165) is 30.7 Å². The van der Waals surface area contributed by atoms with Crippen molar-refractivity contribution in [2.75, 3.05) is 25.5 Å². The molecular formula is C22H28ClN3O3. The van der Waals surface area contributed by atoms with Gasteiger partial charge < -0.3 is 10.1 Å². The maximum Gasteiger partial charge on any atom is 0.294 e. The van der Waals surface area contributed by atoms with Crippen molar-refractivity contribution < 1.29 is 9.66 Å². The highest BCUT2D eigenvalue weighted by Crippen LogP contribution is 2.35. The minimum atomic E-state index is -0.361. The quantitative estimate of drug-likeness (QED) is 0.499. The molecule has 6 nitrogen and oxygen atoms in total. The van der Waals surface area contributed by atoms with Crippen molar-refractivity contribution in [3.63, 3.8) is 0 Å². The first kappa shape index (κ1) is 21.4. The van der Waals surface area contributed by atoms with Gasteiger partial charge in [0.25, 0.3) is 5.69 Å². The molecule has 1 heterocycles. The summed E-state index contributed by atoms with van der Waals surface area (Å²) in [5.74, 6) is 1.42. The van der Waals surface area contributed by atoms with Gasteiger partial charge >= 0.3 is 0 Å². The van der Waals surface area contributed by atoms with Gasteiger partial charge in [0.15, 0.2) is 0 Å². The molecule has 0 radical (unpaired) electrons. The molecule has 156 valence electrons. The van der Waals surface area contributed by atoms with Crippen LogP contribution in [0.4, 0.5) is 11.4 Å². The van der Waals surface area contributed by atoms with Gasteiger partial charge in [-0.15, -0.1) is 0 Å². The van der Waals surface area contributed by atoms with Crippen LogP contribution in [-0.4, -0.2) is 36.1 Å². The fourth-order valence-corrected chi connectivity index (χ4v) is 3.97. The summed E-state index contributed by atoms with van der Waals surface area (Å²) in [4.78, 5) is 13.6. The number of hydrogen-bond acceptors (Lipinski definition) is 5. The number of halogens is 1. The van der Waals surface area contributed by atoms with Crippen LogP contribution in [0.5, 0.6) is 5.75 Å². The molecule has 0 bridgehead atoms. The number of benzene rings is 2.